The maximum Gasteiger partial charge on any atom is 0.305 e. The van der Waals surface area contributed by atoms with E-state index in [0.29, 0.717) is 6.54 Å². The quantitative estimate of drug-likeness (QED) is 0.748. The lowest BCUT2D eigenvalue weighted by molar-refractivity contribution is -0.137. The standard InChI is InChI=1S/C12H21N3O4S/c1-4-12(2,3)9-14-20(18,19)10-7-13-15(8-10)6-5-11(16)17/h7-8,14H,4-6,9H2,1-3H3,(H,16,17). The van der Waals surface area contributed by atoms with Gasteiger partial charge in [0.05, 0.1) is 19.2 Å². The summed E-state index contributed by atoms with van der Waals surface area (Å²) in [6.45, 7) is 6.44. The van der Waals surface area contributed by atoms with Crippen LogP contribution >= 0.6 is 0 Å². The summed E-state index contributed by atoms with van der Waals surface area (Å²) in [6.07, 6.45) is 3.32. The molecule has 1 aromatic heterocycles. The molecule has 1 heterocycles. The van der Waals surface area contributed by atoms with Crippen molar-refractivity contribution in [2.45, 2.75) is 45.1 Å². The Morgan fingerprint density at radius 1 is 1.50 bits per heavy atom. The van der Waals surface area contributed by atoms with Crippen LogP contribution in [0, 0.1) is 5.41 Å². The summed E-state index contributed by atoms with van der Waals surface area (Å²) in [5.41, 5.74) is -0.119. The number of carbonyl (C=O) groups is 1. The predicted molar refractivity (Wildman–Crippen MR) is 73.7 cm³/mol. The van der Waals surface area contributed by atoms with Crippen molar-refractivity contribution in [3.8, 4) is 0 Å². The lowest BCUT2D eigenvalue weighted by Gasteiger charge is -2.22. The van der Waals surface area contributed by atoms with Gasteiger partial charge in [0, 0.05) is 12.7 Å². The van der Waals surface area contributed by atoms with Crippen LogP contribution < -0.4 is 4.72 Å². The molecule has 1 rings (SSSR count). The van der Waals surface area contributed by atoms with Gasteiger partial charge in [-0.2, -0.15) is 5.10 Å². The third kappa shape index (κ3) is 4.93. The monoisotopic (exact) mass is 303 g/mol. The van der Waals surface area contributed by atoms with E-state index in [1.807, 2.05) is 20.8 Å². The molecule has 0 unspecified atom stereocenters. The van der Waals surface area contributed by atoms with Crippen molar-refractivity contribution < 1.29 is 18.3 Å². The van der Waals surface area contributed by atoms with Crippen LogP contribution in [0.15, 0.2) is 17.3 Å². The van der Waals surface area contributed by atoms with Gasteiger partial charge in [0.1, 0.15) is 4.90 Å². The highest BCUT2D eigenvalue weighted by atomic mass is 32.2. The van der Waals surface area contributed by atoms with E-state index < -0.39 is 16.0 Å². The number of carboxylic acids is 1. The molecule has 20 heavy (non-hydrogen) atoms. The Morgan fingerprint density at radius 3 is 2.70 bits per heavy atom. The molecule has 8 heteroatoms. The van der Waals surface area contributed by atoms with Crippen LogP contribution in [0.3, 0.4) is 0 Å². The highest BCUT2D eigenvalue weighted by molar-refractivity contribution is 7.89. The summed E-state index contributed by atoms with van der Waals surface area (Å²) < 4.78 is 28.0. The Labute approximate surface area is 119 Å². The second-order valence-electron chi connectivity index (χ2n) is 5.43. The zero-order chi connectivity index (χ0) is 15.4. The number of nitrogens with one attached hydrogen (secondary N) is 1. The maximum atomic E-state index is 12.1. The number of aryl methyl sites for hydroxylation is 1. The minimum Gasteiger partial charge on any atom is -0.481 e. The highest BCUT2D eigenvalue weighted by Crippen LogP contribution is 2.19. The molecule has 0 fully saturated rings. The first-order chi connectivity index (χ1) is 9.16. The van der Waals surface area contributed by atoms with Gasteiger partial charge in [-0.25, -0.2) is 13.1 Å². The van der Waals surface area contributed by atoms with E-state index in [0.717, 1.165) is 6.42 Å². The number of hydrogen-bond acceptors (Lipinski definition) is 4. The van der Waals surface area contributed by atoms with E-state index in [4.69, 9.17) is 5.11 Å². The summed E-state index contributed by atoms with van der Waals surface area (Å²) in [7, 11) is -3.60. The lowest BCUT2D eigenvalue weighted by atomic mass is 9.91. The summed E-state index contributed by atoms with van der Waals surface area (Å²) in [6, 6.07) is 0. The molecule has 1 aromatic rings. The normalized spacial score (nSPS) is 12.6. The molecule has 0 saturated heterocycles. The number of aromatic nitrogens is 2. The van der Waals surface area contributed by atoms with Crippen molar-refractivity contribution in [3.05, 3.63) is 12.4 Å². The van der Waals surface area contributed by atoms with Crippen LogP contribution in [0.1, 0.15) is 33.6 Å². The van der Waals surface area contributed by atoms with Crippen LogP contribution in [0.2, 0.25) is 0 Å². The Kier molecular flexibility index (Phi) is 5.29. The fraction of sp³-hybridized carbons (Fsp3) is 0.667. The van der Waals surface area contributed by atoms with Crippen molar-refractivity contribution in [3.63, 3.8) is 0 Å². The Morgan fingerprint density at radius 2 is 2.15 bits per heavy atom. The Balaban J connectivity index is 2.71. The molecule has 0 saturated carbocycles. The Hall–Kier alpha value is -1.41. The fourth-order valence-electron chi connectivity index (χ4n) is 1.31. The second kappa shape index (κ2) is 6.36. The molecule has 0 aliphatic heterocycles. The molecule has 2 N–H and O–H groups in total. The van der Waals surface area contributed by atoms with Gasteiger partial charge < -0.3 is 5.11 Å². The van der Waals surface area contributed by atoms with Crippen molar-refractivity contribution >= 4 is 16.0 Å². The average Bonchev–Trinajstić information content (AvgIpc) is 2.84. The molecule has 0 aliphatic rings. The van der Waals surface area contributed by atoms with Gasteiger partial charge >= 0.3 is 5.97 Å². The average molecular weight is 303 g/mol. The zero-order valence-electron chi connectivity index (χ0n) is 12.0. The van der Waals surface area contributed by atoms with E-state index in [-0.39, 0.29) is 23.3 Å². The van der Waals surface area contributed by atoms with Crippen molar-refractivity contribution in [1.82, 2.24) is 14.5 Å². The molecule has 0 aromatic carbocycles. The SMILES string of the molecule is CCC(C)(C)CNS(=O)(=O)c1cnn(CCC(=O)O)c1. The Bertz CT molecular complexity index is 563. The van der Waals surface area contributed by atoms with Gasteiger partial charge in [0.15, 0.2) is 0 Å². The highest BCUT2D eigenvalue weighted by Gasteiger charge is 2.22. The number of sulfonamides is 1. The summed E-state index contributed by atoms with van der Waals surface area (Å²) >= 11 is 0. The number of carboxylic acid groups (broad SMARTS) is 1. The van der Waals surface area contributed by atoms with E-state index in [1.165, 1.54) is 17.1 Å². The van der Waals surface area contributed by atoms with E-state index in [2.05, 4.69) is 9.82 Å². The zero-order valence-corrected chi connectivity index (χ0v) is 12.8. The first kappa shape index (κ1) is 16.6. The van der Waals surface area contributed by atoms with E-state index in [9.17, 15) is 13.2 Å². The van der Waals surface area contributed by atoms with Crippen molar-refractivity contribution in [1.29, 1.82) is 0 Å². The van der Waals surface area contributed by atoms with Gasteiger partial charge in [0.25, 0.3) is 0 Å². The van der Waals surface area contributed by atoms with Crippen LogP contribution in [0.25, 0.3) is 0 Å². The molecular formula is C12H21N3O4S. The van der Waals surface area contributed by atoms with Crippen LogP contribution in [-0.4, -0.2) is 35.8 Å². The molecule has 0 bridgehead atoms. The van der Waals surface area contributed by atoms with Crippen LogP contribution in [-0.2, 0) is 21.4 Å². The predicted octanol–water partition coefficient (Wildman–Crippen LogP) is 1.07. The second-order valence-corrected chi connectivity index (χ2v) is 7.19. The largest absolute Gasteiger partial charge is 0.481 e. The van der Waals surface area contributed by atoms with Gasteiger partial charge in [0.2, 0.25) is 10.0 Å². The molecule has 0 atom stereocenters. The molecular weight excluding hydrogens is 282 g/mol. The number of hydrogen-bond donors (Lipinski definition) is 2. The third-order valence-corrected chi connectivity index (χ3v) is 4.53. The first-order valence-electron chi connectivity index (χ1n) is 6.40. The van der Waals surface area contributed by atoms with Crippen LogP contribution in [0.5, 0.6) is 0 Å². The third-order valence-electron chi connectivity index (χ3n) is 3.17. The topological polar surface area (TPSA) is 101 Å². The fourth-order valence-corrected chi connectivity index (χ4v) is 2.51. The summed E-state index contributed by atoms with van der Waals surface area (Å²) in [4.78, 5) is 10.5. The minimum absolute atomic E-state index is 0.0507. The lowest BCUT2D eigenvalue weighted by Crippen LogP contribution is -2.33. The molecule has 7 nitrogen and oxygen atoms in total. The molecule has 0 spiro atoms. The summed E-state index contributed by atoms with van der Waals surface area (Å²) in [5, 5.41) is 12.4. The van der Waals surface area contributed by atoms with Crippen molar-refractivity contribution in [2.24, 2.45) is 5.41 Å². The van der Waals surface area contributed by atoms with Crippen LogP contribution in [0.4, 0.5) is 0 Å². The van der Waals surface area contributed by atoms with Gasteiger partial charge in [-0.1, -0.05) is 20.8 Å². The first-order valence-corrected chi connectivity index (χ1v) is 7.88. The summed E-state index contributed by atoms with van der Waals surface area (Å²) in [5.74, 6) is -0.951. The minimum atomic E-state index is -3.60. The maximum absolute atomic E-state index is 12.1. The molecule has 0 aliphatic carbocycles. The van der Waals surface area contributed by atoms with E-state index in [1.54, 1.807) is 0 Å². The number of aliphatic carboxylic acids is 1. The van der Waals surface area contributed by atoms with Gasteiger partial charge in [-0.15, -0.1) is 0 Å². The smallest absolute Gasteiger partial charge is 0.305 e. The van der Waals surface area contributed by atoms with E-state index >= 15 is 0 Å². The van der Waals surface area contributed by atoms with Gasteiger partial charge in [-0.3, -0.25) is 9.48 Å². The van der Waals surface area contributed by atoms with Gasteiger partial charge in [-0.05, 0) is 11.8 Å². The molecule has 0 radical (unpaired) electrons. The number of rotatable bonds is 8. The molecule has 114 valence electrons. The molecule has 0 amide bonds. The van der Waals surface area contributed by atoms with Crippen molar-refractivity contribution in [2.75, 3.05) is 6.54 Å². The number of nitrogens with zero attached hydrogens (tertiary/aromatic N) is 2.